The molecular formula is C8H16N2O3S2. The zero-order chi connectivity index (χ0) is 11.8. The lowest BCUT2D eigenvalue weighted by Gasteiger charge is -2.17. The molecule has 0 aliphatic heterocycles. The Balaban J connectivity index is 4.20. The molecule has 0 aromatic carbocycles. The highest BCUT2D eigenvalue weighted by Gasteiger charge is 2.22. The standard InChI is InChI=1S/C8H16N2O3S2/c1-2-13-8(12)6(4-15)10-7(11)5(9)3-14/h5-6,14-15H,2-4,9H2,1H3,(H,10,11)/t5-,6-/m0/s1. The zero-order valence-electron chi connectivity index (χ0n) is 8.47. The van der Waals surface area contributed by atoms with Gasteiger partial charge < -0.3 is 15.8 Å². The summed E-state index contributed by atoms with van der Waals surface area (Å²) in [6.07, 6.45) is 0. The number of hydrogen-bond acceptors (Lipinski definition) is 6. The van der Waals surface area contributed by atoms with Crippen molar-refractivity contribution in [2.24, 2.45) is 5.73 Å². The molecule has 0 aliphatic carbocycles. The van der Waals surface area contributed by atoms with E-state index in [4.69, 9.17) is 10.5 Å². The van der Waals surface area contributed by atoms with Gasteiger partial charge in [-0.1, -0.05) is 0 Å². The van der Waals surface area contributed by atoms with Crippen molar-refractivity contribution in [3.63, 3.8) is 0 Å². The van der Waals surface area contributed by atoms with Gasteiger partial charge in [0.25, 0.3) is 0 Å². The number of nitrogens with one attached hydrogen (secondary N) is 1. The Hall–Kier alpha value is -0.400. The van der Waals surface area contributed by atoms with Crippen molar-refractivity contribution >= 4 is 37.1 Å². The van der Waals surface area contributed by atoms with E-state index in [0.29, 0.717) is 0 Å². The summed E-state index contributed by atoms with van der Waals surface area (Å²) < 4.78 is 4.75. The van der Waals surface area contributed by atoms with Crippen LogP contribution in [-0.2, 0) is 14.3 Å². The van der Waals surface area contributed by atoms with Crippen LogP contribution in [0.5, 0.6) is 0 Å². The van der Waals surface area contributed by atoms with Gasteiger partial charge in [0.2, 0.25) is 5.91 Å². The number of rotatable bonds is 6. The fourth-order valence-corrected chi connectivity index (χ4v) is 1.19. The SMILES string of the molecule is CCOC(=O)[C@H](CS)NC(=O)[C@@H](N)CS. The number of esters is 1. The largest absolute Gasteiger partial charge is 0.464 e. The fourth-order valence-electron chi connectivity index (χ4n) is 0.784. The number of nitrogens with two attached hydrogens (primary N) is 1. The molecule has 0 saturated carbocycles. The highest BCUT2D eigenvalue weighted by atomic mass is 32.1. The number of ether oxygens (including phenoxy) is 1. The van der Waals surface area contributed by atoms with Gasteiger partial charge in [-0.2, -0.15) is 25.3 Å². The summed E-state index contributed by atoms with van der Waals surface area (Å²) in [6.45, 7) is 1.95. The van der Waals surface area contributed by atoms with Crippen LogP contribution in [0, 0.1) is 0 Å². The monoisotopic (exact) mass is 252 g/mol. The lowest BCUT2D eigenvalue weighted by Crippen LogP contribution is -2.50. The quantitative estimate of drug-likeness (QED) is 0.369. The van der Waals surface area contributed by atoms with Gasteiger partial charge in [0.1, 0.15) is 6.04 Å². The Morgan fingerprint density at radius 3 is 2.40 bits per heavy atom. The first-order valence-corrected chi connectivity index (χ1v) is 5.77. The second-order valence-electron chi connectivity index (χ2n) is 2.78. The van der Waals surface area contributed by atoms with Crippen LogP contribution >= 0.6 is 25.3 Å². The second-order valence-corrected chi connectivity index (χ2v) is 3.52. The topological polar surface area (TPSA) is 81.4 Å². The maximum absolute atomic E-state index is 11.3. The van der Waals surface area contributed by atoms with Crippen molar-refractivity contribution in [2.45, 2.75) is 19.0 Å². The Labute approximate surface area is 99.9 Å². The minimum absolute atomic E-state index is 0.171. The van der Waals surface area contributed by atoms with Gasteiger partial charge in [-0.15, -0.1) is 0 Å². The summed E-state index contributed by atoms with van der Waals surface area (Å²) in [5.74, 6) is -0.554. The van der Waals surface area contributed by atoms with Gasteiger partial charge in [-0.25, -0.2) is 4.79 Å². The molecule has 0 radical (unpaired) electrons. The maximum atomic E-state index is 11.3. The van der Waals surface area contributed by atoms with Gasteiger partial charge in [0.15, 0.2) is 0 Å². The van der Waals surface area contributed by atoms with Gasteiger partial charge >= 0.3 is 5.97 Å². The molecule has 0 rings (SSSR count). The molecule has 7 heteroatoms. The van der Waals surface area contributed by atoms with Gasteiger partial charge in [-0.05, 0) is 6.92 Å². The third-order valence-electron chi connectivity index (χ3n) is 1.60. The van der Waals surface area contributed by atoms with Crippen molar-refractivity contribution in [1.82, 2.24) is 5.32 Å². The van der Waals surface area contributed by atoms with Crippen LogP contribution in [0.1, 0.15) is 6.92 Å². The third-order valence-corrected chi connectivity index (χ3v) is 2.36. The highest BCUT2D eigenvalue weighted by molar-refractivity contribution is 7.80. The van der Waals surface area contributed by atoms with Gasteiger partial charge in [0.05, 0.1) is 12.6 Å². The summed E-state index contributed by atoms with van der Waals surface area (Å²) in [5, 5.41) is 2.44. The van der Waals surface area contributed by atoms with E-state index in [1.807, 2.05) is 0 Å². The average molecular weight is 252 g/mol. The molecule has 3 N–H and O–H groups in total. The van der Waals surface area contributed by atoms with E-state index < -0.39 is 24.0 Å². The van der Waals surface area contributed by atoms with E-state index in [2.05, 4.69) is 30.6 Å². The summed E-state index contributed by atoms with van der Waals surface area (Å²) in [4.78, 5) is 22.6. The predicted molar refractivity (Wildman–Crippen MR) is 64.2 cm³/mol. The first-order valence-electron chi connectivity index (χ1n) is 4.51. The highest BCUT2D eigenvalue weighted by Crippen LogP contribution is 1.94. The van der Waals surface area contributed by atoms with Gasteiger partial charge in [0, 0.05) is 11.5 Å². The minimum atomic E-state index is -0.758. The van der Waals surface area contributed by atoms with Crippen LogP contribution in [0.15, 0.2) is 0 Å². The Kier molecular flexibility index (Phi) is 7.63. The van der Waals surface area contributed by atoms with E-state index in [1.165, 1.54) is 0 Å². The van der Waals surface area contributed by atoms with Crippen LogP contribution < -0.4 is 11.1 Å². The molecule has 0 unspecified atom stereocenters. The Morgan fingerprint density at radius 2 is 2.00 bits per heavy atom. The van der Waals surface area contributed by atoms with E-state index >= 15 is 0 Å². The molecule has 15 heavy (non-hydrogen) atoms. The summed E-state index contributed by atoms with van der Waals surface area (Å²) in [5.41, 5.74) is 5.43. The lowest BCUT2D eigenvalue weighted by atomic mass is 10.3. The number of hydrogen-bond donors (Lipinski definition) is 4. The molecule has 0 spiro atoms. The number of amides is 1. The van der Waals surface area contributed by atoms with Gasteiger partial charge in [-0.3, -0.25) is 4.79 Å². The Bertz CT molecular complexity index is 226. The van der Waals surface area contributed by atoms with E-state index in [-0.39, 0.29) is 18.1 Å². The molecular weight excluding hydrogens is 236 g/mol. The summed E-state index contributed by atoms with van der Waals surface area (Å²) in [6, 6.07) is -1.49. The molecule has 0 aliphatic rings. The number of carbonyl (C=O) groups is 2. The molecule has 88 valence electrons. The molecule has 5 nitrogen and oxygen atoms in total. The molecule has 0 aromatic rings. The first kappa shape index (κ1) is 14.6. The van der Waals surface area contributed by atoms with Crippen molar-refractivity contribution in [3.8, 4) is 0 Å². The molecule has 0 heterocycles. The zero-order valence-corrected chi connectivity index (χ0v) is 10.3. The maximum Gasteiger partial charge on any atom is 0.329 e. The smallest absolute Gasteiger partial charge is 0.329 e. The van der Waals surface area contributed by atoms with Crippen LogP contribution in [0.25, 0.3) is 0 Å². The van der Waals surface area contributed by atoms with Crippen molar-refractivity contribution in [3.05, 3.63) is 0 Å². The molecule has 2 atom stereocenters. The fraction of sp³-hybridized carbons (Fsp3) is 0.750. The van der Waals surface area contributed by atoms with Crippen molar-refractivity contribution in [2.75, 3.05) is 18.1 Å². The Morgan fingerprint density at radius 1 is 1.40 bits per heavy atom. The minimum Gasteiger partial charge on any atom is -0.464 e. The van der Waals surface area contributed by atoms with Crippen LogP contribution in [0.4, 0.5) is 0 Å². The third kappa shape index (κ3) is 5.29. The van der Waals surface area contributed by atoms with Crippen LogP contribution in [-0.4, -0.2) is 42.1 Å². The molecule has 1 amide bonds. The summed E-state index contributed by atoms with van der Waals surface area (Å²) >= 11 is 7.82. The predicted octanol–water partition coefficient (Wildman–Crippen LogP) is -0.779. The normalized spacial score (nSPS) is 14.1. The molecule has 0 aromatic heterocycles. The number of carbonyl (C=O) groups excluding carboxylic acids is 2. The van der Waals surface area contributed by atoms with E-state index in [1.54, 1.807) is 6.92 Å². The number of thiol groups is 2. The molecule has 0 fully saturated rings. The van der Waals surface area contributed by atoms with Crippen LogP contribution in [0.3, 0.4) is 0 Å². The van der Waals surface area contributed by atoms with E-state index in [9.17, 15) is 9.59 Å². The first-order chi connectivity index (χ1) is 7.06. The lowest BCUT2D eigenvalue weighted by molar-refractivity contribution is -0.146. The molecule has 0 saturated heterocycles. The second kappa shape index (κ2) is 7.84. The molecule has 0 bridgehead atoms. The average Bonchev–Trinajstić information content (AvgIpc) is 2.24. The van der Waals surface area contributed by atoms with Crippen molar-refractivity contribution in [1.29, 1.82) is 0 Å². The van der Waals surface area contributed by atoms with E-state index in [0.717, 1.165) is 0 Å². The summed E-state index contributed by atoms with van der Waals surface area (Å²) in [7, 11) is 0. The van der Waals surface area contributed by atoms with Crippen molar-refractivity contribution < 1.29 is 14.3 Å². The van der Waals surface area contributed by atoms with Crippen LogP contribution in [0.2, 0.25) is 0 Å².